The Bertz CT molecular complexity index is 3310. The van der Waals surface area contributed by atoms with Gasteiger partial charge in [0.15, 0.2) is 29.4 Å². The third-order valence-corrected chi connectivity index (χ3v) is 16.9. The third-order valence-electron chi connectivity index (χ3n) is 16.9. The number of nitrogens with one attached hydrogen (secondary N) is 2. The number of aromatic nitrogens is 6. The minimum Gasteiger partial charge on any atom is -0.497 e. The van der Waals surface area contributed by atoms with E-state index < -0.39 is 59.6 Å². The van der Waals surface area contributed by atoms with Gasteiger partial charge in [0.1, 0.15) is 35.6 Å². The van der Waals surface area contributed by atoms with Gasteiger partial charge in [0, 0.05) is 63.9 Å². The lowest BCUT2D eigenvalue weighted by molar-refractivity contribution is -0.136. The number of aromatic amines is 1. The van der Waals surface area contributed by atoms with Gasteiger partial charge in [-0.2, -0.15) is 0 Å². The molecule has 463 valence electrons. The third kappa shape index (κ3) is 16.0. The van der Waals surface area contributed by atoms with E-state index in [9.17, 15) is 14.4 Å². The molecule has 2 N–H and O–H groups in total. The predicted molar refractivity (Wildman–Crippen MR) is 333 cm³/mol. The number of nitrogens with zero attached hydrogens (tertiary/aromatic N) is 6. The van der Waals surface area contributed by atoms with Gasteiger partial charge in [-0.05, 0) is 59.5 Å². The Kier molecular flexibility index (Phi) is 23.4. The van der Waals surface area contributed by atoms with E-state index in [1.165, 1.54) is 101 Å². The van der Waals surface area contributed by atoms with Crippen molar-refractivity contribution in [1.82, 2.24) is 34.0 Å². The van der Waals surface area contributed by atoms with Gasteiger partial charge in [-0.15, -0.1) is 0 Å². The summed E-state index contributed by atoms with van der Waals surface area (Å²) in [4.78, 5) is 72.7. The van der Waals surface area contributed by atoms with Crippen molar-refractivity contribution in [1.29, 1.82) is 0 Å². The molecule has 2 fully saturated rings. The average Bonchev–Trinajstić information content (AvgIpc) is 1.97. The SMILES string of the molecule is CCCCCCCCCCCCCCCCCN(C[C@H]1[CH][C@@H](OC)[C@H](n2cnc3c(NC(=O)c4ccccc4)ncnc32)O1)C(=O)C[C@H]1[C@@H](OC)[C@H](n2ccc(=O)[nH]c2=O)O[C@@H]1COC(c1ccccc1)(c1ccc(OC)cc1)c1ccc(OC)cc1. The summed E-state index contributed by atoms with van der Waals surface area (Å²) in [6.07, 6.45) is 19.7. The normalized spacial score (nSPS) is 19.3. The van der Waals surface area contributed by atoms with Gasteiger partial charge in [-0.25, -0.2) is 19.7 Å². The van der Waals surface area contributed by atoms with E-state index in [1.54, 1.807) is 56.5 Å². The molecule has 0 saturated carbocycles. The number of ether oxygens (including phenoxy) is 7. The second-order valence-electron chi connectivity index (χ2n) is 22.6. The number of H-pyrrole nitrogens is 1. The van der Waals surface area contributed by atoms with Crippen molar-refractivity contribution < 1.29 is 42.7 Å². The second kappa shape index (κ2) is 31.9. The number of carbonyl (C=O) groups is 2. The van der Waals surface area contributed by atoms with Gasteiger partial charge in [0.2, 0.25) is 5.91 Å². The fourth-order valence-electron chi connectivity index (χ4n) is 12.2. The highest BCUT2D eigenvalue weighted by Gasteiger charge is 2.50. The average molecular weight is 1190 g/mol. The lowest BCUT2D eigenvalue weighted by Crippen LogP contribution is -2.43. The molecule has 9 rings (SSSR count). The topological polar surface area (TPSA) is 212 Å². The fourth-order valence-corrected chi connectivity index (χ4v) is 12.2. The lowest BCUT2D eigenvalue weighted by Gasteiger charge is -2.37. The first kappa shape index (κ1) is 63.9. The maximum Gasteiger partial charge on any atom is 0.330 e. The standard InChI is InChI=1S/C68H85N8O11/c1-6-7-8-9-10-11-12-13-14-15-16-17-18-19-26-40-74(44-54-42-56(83-4)65(86-54)76-47-71-60-62(69-46-70-63(60)76)73-64(79)48-27-22-20-23-28-48)59(78)43-55-57(87-66(61(55)84-5)75-41-39-58(77)72-67(75)80)45-85-68(49-29-24-21-25-30-49,50-31-35-52(81-2)36-32-50)51-33-37-53(82-3)38-34-51/h20-25,27-39,41-42,46-47,54-57,61,65-66H,6-19,26,40,43-45H2,1-5H3,(H,72,77,80)(H,69,70,73,79)/t54-,55-,56-,57-,61-,65-,66-/m1/s1. The Morgan fingerprint density at radius 3 is 1.82 bits per heavy atom. The van der Waals surface area contributed by atoms with E-state index in [1.807, 2.05) is 96.2 Å². The molecule has 2 aliphatic rings. The summed E-state index contributed by atoms with van der Waals surface area (Å²) in [6, 6.07) is 35.4. The summed E-state index contributed by atoms with van der Waals surface area (Å²) < 4.78 is 47.8. The van der Waals surface area contributed by atoms with Gasteiger partial charge in [0.25, 0.3) is 11.5 Å². The number of rotatable bonds is 34. The van der Waals surface area contributed by atoms with Crippen molar-refractivity contribution in [3.8, 4) is 11.5 Å². The Labute approximate surface area is 510 Å². The number of hydrogen-bond donors (Lipinski definition) is 2. The number of methoxy groups -OCH3 is 4. The van der Waals surface area contributed by atoms with Gasteiger partial charge >= 0.3 is 5.69 Å². The van der Waals surface area contributed by atoms with Crippen LogP contribution in [0.4, 0.5) is 5.82 Å². The van der Waals surface area contributed by atoms with E-state index in [0.717, 1.165) is 42.4 Å². The van der Waals surface area contributed by atoms with E-state index >= 15 is 4.79 Å². The molecule has 4 aromatic carbocycles. The maximum atomic E-state index is 15.5. The zero-order valence-electron chi connectivity index (χ0n) is 50.9. The Morgan fingerprint density at radius 2 is 1.24 bits per heavy atom. The monoisotopic (exact) mass is 1190 g/mol. The Balaban J connectivity index is 0.977. The first-order chi connectivity index (χ1) is 42.6. The predicted octanol–water partition coefficient (Wildman–Crippen LogP) is 11.4. The van der Waals surface area contributed by atoms with Crippen LogP contribution >= 0.6 is 0 Å². The molecule has 2 aliphatic heterocycles. The Hall–Kier alpha value is -7.55. The summed E-state index contributed by atoms with van der Waals surface area (Å²) in [6.45, 7) is 2.82. The van der Waals surface area contributed by atoms with Crippen molar-refractivity contribution in [2.45, 2.75) is 152 Å². The highest BCUT2D eigenvalue weighted by atomic mass is 16.6. The van der Waals surface area contributed by atoms with Crippen LogP contribution in [0.1, 0.15) is 149 Å². The first-order valence-electron chi connectivity index (χ1n) is 30.9. The zero-order valence-corrected chi connectivity index (χ0v) is 50.9. The number of fused-ring (bicyclic) bond motifs is 1. The molecule has 19 heteroatoms. The minimum absolute atomic E-state index is 0.0618. The summed E-state index contributed by atoms with van der Waals surface area (Å²) >= 11 is 0. The highest BCUT2D eigenvalue weighted by molar-refractivity contribution is 6.06. The zero-order chi connectivity index (χ0) is 61.0. The molecular formula is C68H85N8O11. The molecule has 0 spiro atoms. The van der Waals surface area contributed by atoms with Crippen molar-refractivity contribution in [2.75, 3.05) is 53.5 Å². The molecule has 0 unspecified atom stereocenters. The molecule has 1 radical (unpaired) electrons. The quantitative estimate of drug-likeness (QED) is 0.0284. The van der Waals surface area contributed by atoms with E-state index in [-0.39, 0.29) is 37.2 Å². The largest absolute Gasteiger partial charge is 0.497 e. The maximum absolute atomic E-state index is 15.5. The van der Waals surface area contributed by atoms with Crippen LogP contribution in [0.15, 0.2) is 144 Å². The molecule has 0 aliphatic carbocycles. The van der Waals surface area contributed by atoms with Crippen LogP contribution in [0.5, 0.6) is 11.5 Å². The summed E-state index contributed by atoms with van der Waals surface area (Å²) in [5.41, 5.74) is 1.17. The number of carbonyl (C=O) groups excluding carboxylic acids is 2. The van der Waals surface area contributed by atoms with Gasteiger partial charge in [-0.3, -0.25) is 28.5 Å². The van der Waals surface area contributed by atoms with Crippen LogP contribution in [-0.2, 0) is 34.1 Å². The highest BCUT2D eigenvalue weighted by Crippen LogP contribution is 2.45. The van der Waals surface area contributed by atoms with E-state index in [0.29, 0.717) is 34.8 Å². The molecular weight excluding hydrogens is 1100 g/mol. The molecule has 0 bridgehead atoms. The molecule has 7 aromatic rings. The number of amides is 2. The molecule has 19 nitrogen and oxygen atoms in total. The van der Waals surface area contributed by atoms with Crippen LogP contribution in [0.2, 0.25) is 0 Å². The number of imidazole rings is 1. The van der Waals surface area contributed by atoms with E-state index in [4.69, 9.17) is 33.2 Å². The Morgan fingerprint density at radius 1 is 0.655 bits per heavy atom. The van der Waals surface area contributed by atoms with Crippen LogP contribution < -0.4 is 26.0 Å². The number of hydrogen-bond acceptors (Lipinski definition) is 14. The summed E-state index contributed by atoms with van der Waals surface area (Å²) in [5, 5.41) is 2.88. The minimum atomic E-state index is -1.25. The van der Waals surface area contributed by atoms with Gasteiger partial charge < -0.3 is 43.4 Å². The molecule has 87 heavy (non-hydrogen) atoms. The van der Waals surface area contributed by atoms with Crippen molar-refractivity contribution in [3.05, 3.63) is 184 Å². The van der Waals surface area contributed by atoms with E-state index in [2.05, 4.69) is 32.2 Å². The number of anilines is 1. The van der Waals surface area contributed by atoms with Crippen LogP contribution in [0.3, 0.4) is 0 Å². The molecule has 2 saturated heterocycles. The molecule has 2 amide bonds. The molecule has 3 aromatic heterocycles. The van der Waals surface area contributed by atoms with Gasteiger partial charge in [0.05, 0.1) is 39.4 Å². The van der Waals surface area contributed by atoms with Crippen molar-refractivity contribution >= 4 is 28.8 Å². The van der Waals surface area contributed by atoms with Crippen LogP contribution in [0, 0.1) is 12.3 Å². The number of benzene rings is 4. The first-order valence-corrected chi connectivity index (χ1v) is 30.9. The van der Waals surface area contributed by atoms with Gasteiger partial charge in [-0.1, -0.05) is 170 Å². The van der Waals surface area contributed by atoms with Crippen molar-refractivity contribution in [3.63, 3.8) is 0 Å². The van der Waals surface area contributed by atoms with Crippen LogP contribution in [-0.4, -0.2) is 118 Å². The summed E-state index contributed by atoms with van der Waals surface area (Å²) in [7, 11) is 6.37. The molecule has 5 heterocycles. The summed E-state index contributed by atoms with van der Waals surface area (Å²) in [5.74, 6) is 0.373. The second-order valence-corrected chi connectivity index (χ2v) is 22.6. The fraction of sp³-hybridized carbons (Fsp3) is 0.471. The molecule has 7 atom stereocenters. The van der Waals surface area contributed by atoms with Crippen LogP contribution in [0.25, 0.3) is 11.2 Å². The number of unbranched alkanes of at least 4 members (excludes halogenated alkanes) is 14. The lowest BCUT2D eigenvalue weighted by atomic mass is 9.79. The smallest absolute Gasteiger partial charge is 0.330 e. The van der Waals surface area contributed by atoms with Crippen molar-refractivity contribution in [2.24, 2.45) is 5.92 Å².